The Morgan fingerprint density at radius 1 is 1.00 bits per heavy atom. The van der Waals surface area contributed by atoms with E-state index >= 15 is 0 Å². The minimum Gasteiger partial charge on any atom is -0.340 e. The number of nitrogens with one attached hydrogen (secondary N) is 2. The lowest BCUT2D eigenvalue weighted by atomic mass is 10.1. The van der Waals surface area contributed by atoms with Gasteiger partial charge in [0.15, 0.2) is 5.43 Å². The predicted octanol–water partition coefficient (Wildman–Crippen LogP) is 0.987. The summed E-state index contributed by atoms with van der Waals surface area (Å²) in [5, 5.41) is 4.89. The third-order valence-corrected chi connectivity index (χ3v) is 3.88. The van der Waals surface area contributed by atoms with Crippen LogP contribution in [0.2, 0.25) is 0 Å². The summed E-state index contributed by atoms with van der Waals surface area (Å²) in [4.78, 5) is 46.8. The Kier molecular flexibility index (Phi) is 3.76. The van der Waals surface area contributed by atoms with E-state index in [0.29, 0.717) is 22.6 Å². The highest BCUT2D eigenvalue weighted by atomic mass is 16.2. The standard InChI is InChI=1S/C17H15N3O4/c1-9-5-12(21)6-10(2)20(9)8-15(22)18-11-3-4-13-14(7-11)17(24)19-16(13)23/h3-7H,8H2,1-2H3,(H,18,22)(H,19,23,24). The van der Waals surface area contributed by atoms with E-state index in [-0.39, 0.29) is 23.4 Å². The first-order valence-corrected chi connectivity index (χ1v) is 7.33. The van der Waals surface area contributed by atoms with Crippen molar-refractivity contribution in [3.05, 3.63) is 63.1 Å². The van der Waals surface area contributed by atoms with Crippen LogP contribution < -0.4 is 16.1 Å². The molecule has 122 valence electrons. The zero-order chi connectivity index (χ0) is 17.4. The van der Waals surface area contributed by atoms with Crippen LogP contribution in [0, 0.1) is 13.8 Å². The highest BCUT2D eigenvalue weighted by Gasteiger charge is 2.26. The number of benzene rings is 1. The van der Waals surface area contributed by atoms with Gasteiger partial charge in [-0.3, -0.25) is 24.5 Å². The van der Waals surface area contributed by atoms with E-state index in [1.165, 1.54) is 24.3 Å². The van der Waals surface area contributed by atoms with Gasteiger partial charge in [0.2, 0.25) is 5.91 Å². The molecule has 3 rings (SSSR count). The molecule has 0 unspecified atom stereocenters. The first-order valence-electron chi connectivity index (χ1n) is 7.33. The fraction of sp³-hybridized carbons (Fsp3) is 0.176. The van der Waals surface area contributed by atoms with Crippen LogP contribution in [0.25, 0.3) is 0 Å². The third kappa shape index (κ3) is 2.83. The molecule has 0 bridgehead atoms. The molecular weight excluding hydrogens is 310 g/mol. The zero-order valence-corrected chi connectivity index (χ0v) is 13.2. The van der Waals surface area contributed by atoms with Gasteiger partial charge in [-0.15, -0.1) is 0 Å². The number of fused-ring (bicyclic) bond motifs is 1. The molecular formula is C17H15N3O4. The van der Waals surface area contributed by atoms with E-state index in [2.05, 4.69) is 10.6 Å². The van der Waals surface area contributed by atoms with E-state index in [0.717, 1.165) is 0 Å². The molecule has 0 saturated carbocycles. The molecule has 2 heterocycles. The maximum absolute atomic E-state index is 12.2. The minimum absolute atomic E-state index is 0.0418. The number of aryl methyl sites for hydroxylation is 2. The summed E-state index contributed by atoms with van der Waals surface area (Å²) in [6.45, 7) is 3.56. The summed E-state index contributed by atoms with van der Waals surface area (Å²) in [7, 11) is 0. The monoisotopic (exact) mass is 325 g/mol. The van der Waals surface area contributed by atoms with Crippen LogP contribution in [0.5, 0.6) is 0 Å². The number of anilines is 1. The molecule has 0 fully saturated rings. The lowest BCUT2D eigenvalue weighted by Gasteiger charge is -2.14. The lowest BCUT2D eigenvalue weighted by Crippen LogP contribution is -2.23. The molecule has 2 N–H and O–H groups in total. The van der Waals surface area contributed by atoms with Crippen molar-refractivity contribution in [3.8, 4) is 0 Å². The molecule has 7 heteroatoms. The van der Waals surface area contributed by atoms with Crippen LogP contribution in [-0.4, -0.2) is 22.3 Å². The van der Waals surface area contributed by atoms with E-state index in [1.54, 1.807) is 24.5 Å². The first-order chi connectivity index (χ1) is 11.3. The molecule has 0 radical (unpaired) electrons. The summed E-state index contributed by atoms with van der Waals surface area (Å²) < 4.78 is 1.72. The Morgan fingerprint density at radius 3 is 2.29 bits per heavy atom. The second-order valence-electron chi connectivity index (χ2n) is 5.65. The van der Waals surface area contributed by atoms with Crippen molar-refractivity contribution >= 4 is 23.4 Å². The SMILES string of the molecule is Cc1cc(=O)cc(C)n1CC(=O)Nc1ccc2c(c1)C(=O)NC2=O. The number of carbonyl (C=O) groups excluding carboxylic acids is 3. The van der Waals surface area contributed by atoms with Gasteiger partial charge in [0.25, 0.3) is 11.8 Å². The smallest absolute Gasteiger partial charge is 0.259 e. The van der Waals surface area contributed by atoms with E-state index in [4.69, 9.17) is 0 Å². The van der Waals surface area contributed by atoms with Crippen molar-refractivity contribution in [2.75, 3.05) is 5.32 Å². The van der Waals surface area contributed by atoms with Crippen LogP contribution in [0.1, 0.15) is 32.1 Å². The molecule has 1 aliphatic rings. The fourth-order valence-corrected chi connectivity index (χ4v) is 2.73. The highest BCUT2D eigenvalue weighted by Crippen LogP contribution is 2.20. The summed E-state index contributed by atoms with van der Waals surface area (Å²) in [6, 6.07) is 7.47. The van der Waals surface area contributed by atoms with Crippen molar-refractivity contribution in [3.63, 3.8) is 0 Å². The van der Waals surface area contributed by atoms with Crippen molar-refractivity contribution < 1.29 is 14.4 Å². The number of pyridine rings is 1. The van der Waals surface area contributed by atoms with Gasteiger partial charge in [0.1, 0.15) is 6.54 Å². The number of carbonyl (C=O) groups is 3. The Morgan fingerprint density at radius 2 is 1.62 bits per heavy atom. The number of rotatable bonds is 3. The largest absolute Gasteiger partial charge is 0.340 e. The van der Waals surface area contributed by atoms with Crippen LogP contribution in [0.3, 0.4) is 0 Å². The lowest BCUT2D eigenvalue weighted by molar-refractivity contribution is -0.116. The number of imide groups is 1. The van der Waals surface area contributed by atoms with E-state index in [9.17, 15) is 19.2 Å². The van der Waals surface area contributed by atoms with Gasteiger partial charge in [-0.2, -0.15) is 0 Å². The van der Waals surface area contributed by atoms with E-state index < -0.39 is 11.8 Å². The molecule has 1 aromatic carbocycles. The number of aromatic nitrogens is 1. The van der Waals surface area contributed by atoms with Gasteiger partial charge >= 0.3 is 0 Å². The van der Waals surface area contributed by atoms with Gasteiger partial charge < -0.3 is 9.88 Å². The second-order valence-corrected chi connectivity index (χ2v) is 5.65. The number of hydrogen-bond acceptors (Lipinski definition) is 4. The molecule has 0 aliphatic carbocycles. The maximum Gasteiger partial charge on any atom is 0.259 e. The minimum atomic E-state index is -0.474. The average Bonchev–Trinajstić information content (AvgIpc) is 2.77. The molecule has 3 amide bonds. The van der Waals surface area contributed by atoms with Crippen molar-refractivity contribution in [1.29, 1.82) is 0 Å². The Hall–Kier alpha value is -3.22. The molecule has 7 nitrogen and oxygen atoms in total. The van der Waals surface area contributed by atoms with Crippen LogP contribution in [0.15, 0.2) is 35.1 Å². The van der Waals surface area contributed by atoms with Gasteiger partial charge in [0, 0.05) is 29.2 Å². The molecule has 1 aromatic heterocycles. The van der Waals surface area contributed by atoms with Crippen molar-refractivity contribution in [2.45, 2.75) is 20.4 Å². The molecule has 0 atom stereocenters. The Balaban J connectivity index is 1.79. The normalized spacial score (nSPS) is 12.8. The summed E-state index contributed by atoms with van der Waals surface area (Å²) >= 11 is 0. The average molecular weight is 325 g/mol. The van der Waals surface area contributed by atoms with Crippen LogP contribution >= 0.6 is 0 Å². The van der Waals surface area contributed by atoms with E-state index in [1.807, 2.05) is 0 Å². The number of amides is 3. The number of hydrogen-bond donors (Lipinski definition) is 2. The quantitative estimate of drug-likeness (QED) is 0.822. The Bertz CT molecular complexity index is 917. The Labute approximate surface area is 137 Å². The van der Waals surface area contributed by atoms with Gasteiger partial charge in [-0.25, -0.2) is 0 Å². The van der Waals surface area contributed by atoms with Crippen LogP contribution in [0.4, 0.5) is 5.69 Å². The van der Waals surface area contributed by atoms with Crippen LogP contribution in [-0.2, 0) is 11.3 Å². The van der Waals surface area contributed by atoms with Gasteiger partial charge in [0.05, 0.1) is 11.1 Å². The zero-order valence-electron chi connectivity index (χ0n) is 13.2. The third-order valence-electron chi connectivity index (χ3n) is 3.88. The molecule has 24 heavy (non-hydrogen) atoms. The topological polar surface area (TPSA) is 97.3 Å². The molecule has 2 aromatic rings. The maximum atomic E-state index is 12.2. The summed E-state index contributed by atoms with van der Waals surface area (Å²) in [5.41, 5.74) is 2.25. The molecule has 0 saturated heterocycles. The van der Waals surface area contributed by atoms with Gasteiger partial charge in [-0.1, -0.05) is 0 Å². The molecule has 0 spiro atoms. The predicted molar refractivity (Wildman–Crippen MR) is 87.0 cm³/mol. The fourth-order valence-electron chi connectivity index (χ4n) is 2.73. The second kappa shape index (κ2) is 5.77. The van der Waals surface area contributed by atoms with Gasteiger partial charge in [-0.05, 0) is 32.0 Å². The molecule has 1 aliphatic heterocycles. The summed E-state index contributed by atoms with van der Waals surface area (Å²) in [5.74, 6) is -1.21. The first kappa shape index (κ1) is 15.7. The van der Waals surface area contributed by atoms with Crippen molar-refractivity contribution in [2.24, 2.45) is 0 Å². The number of nitrogens with zero attached hydrogens (tertiary/aromatic N) is 1. The van der Waals surface area contributed by atoms with Crippen molar-refractivity contribution in [1.82, 2.24) is 9.88 Å². The summed E-state index contributed by atoms with van der Waals surface area (Å²) in [6.07, 6.45) is 0. The highest BCUT2D eigenvalue weighted by molar-refractivity contribution is 6.22.